The fraction of sp³-hybridized carbons (Fsp3) is 0.194. The van der Waals surface area contributed by atoms with E-state index in [4.69, 9.17) is 23.7 Å². The van der Waals surface area contributed by atoms with Gasteiger partial charge >= 0.3 is 17.9 Å². The van der Waals surface area contributed by atoms with E-state index in [0.717, 1.165) is 12.3 Å². The smallest absolute Gasteiger partial charge is 0.343 e. The van der Waals surface area contributed by atoms with Crippen molar-refractivity contribution in [1.82, 2.24) is 19.9 Å². The quantitative estimate of drug-likeness (QED) is 0.113. The molecular formula is C31H25FN4O9. The van der Waals surface area contributed by atoms with Crippen LogP contribution in [0.1, 0.15) is 36.6 Å². The fourth-order valence-corrected chi connectivity index (χ4v) is 4.31. The molecule has 5 heterocycles. The van der Waals surface area contributed by atoms with Crippen molar-refractivity contribution in [3.63, 3.8) is 0 Å². The predicted molar refractivity (Wildman–Crippen MR) is 150 cm³/mol. The summed E-state index contributed by atoms with van der Waals surface area (Å²) in [5.41, 5.74) is 0.0281. The molecule has 0 radical (unpaired) electrons. The summed E-state index contributed by atoms with van der Waals surface area (Å²) in [6, 6.07) is 11.6. The van der Waals surface area contributed by atoms with Gasteiger partial charge in [-0.3, -0.25) is 15.0 Å². The van der Waals surface area contributed by atoms with Crippen LogP contribution < -0.4 is 0 Å². The summed E-state index contributed by atoms with van der Waals surface area (Å²) in [5, 5.41) is 11.8. The third-order valence-electron chi connectivity index (χ3n) is 6.53. The third-order valence-corrected chi connectivity index (χ3v) is 6.53. The maximum Gasteiger partial charge on any atom is 0.343 e. The molecule has 1 fully saturated rings. The van der Waals surface area contributed by atoms with Gasteiger partial charge in [-0.15, -0.1) is 0 Å². The molecule has 230 valence electrons. The molecule has 0 amide bonds. The van der Waals surface area contributed by atoms with E-state index in [9.17, 15) is 23.9 Å². The number of esters is 3. The molecule has 4 aromatic rings. The van der Waals surface area contributed by atoms with Crippen LogP contribution in [0.15, 0.2) is 98.5 Å². The topological polar surface area (TPSA) is 169 Å². The molecule has 1 aliphatic rings. The Morgan fingerprint density at radius 1 is 0.822 bits per heavy atom. The van der Waals surface area contributed by atoms with Gasteiger partial charge in [0.1, 0.15) is 30.6 Å². The maximum atomic E-state index is 14.4. The minimum absolute atomic E-state index is 0.0173. The number of hydrogen-bond donors (Lipinski definition) is 1. The van der Waals surface area contributed by atoms with Crippen molar-refractivity contribution >= 4 is 23.7 Å². The summed E-state index contributed by atoms with van der Waals surface area (Å²) in [6.45, 7) is 2.52. The number of hydrogen-bond acceptors (Lipinski definition) is 13. The Kier molecular flexibility index (Phi) is 9.46. The monoisotopic (exact) mass is 616 g/mol. The molecule has 45 heavy (non-hydrogen) atoms. The van der Waals surface area contributed by atoms with Gasteiger partial charge < -0.3 is 28.8 Å². The van der Waals surface area contributed by atoms with Gasteiger partial charge in [-0.25, -0.2) is 19.4 Å². The van der Waals surface area contributed by atoms with Gasteiger partial charge in [0.2, 0.25) is 11.7 Å². The van der Waals surface area contributed by atoms with Gasteiger partial charge in [0.05, 0.1) is 11.1 Å². The second-order valence-electron chi connectivity index (χ2n) is 9.57. The van der Waals surface area contributed by atoms with E-state index in [2.05, 4.69) is 26.5 Å². The Morgan fingerprint density at radius 2 is 1.42 bits per heavy atom. The summed E-state index contributed by atoms with van der Waals surface area (Å²) in [5.74, 6) is -6.60. The lowest BCUT2D eigenvalue weighted by Gasteiger charge is -2.30. The normalized spacial score (nSPS) is 20.5. The molecule has 4 atom stereocenters. The second-order valence-corrected chi connectivity index (χ2v) is 9.57. The number of carbonyl (C=O) groups is 3. The second kappa shape index (κ2) is 13.8. The number of carbonyl (C=O) groups excluding carboxylic acids is 3. The van der Waals surface area contributed by atoms with E-state index in [1.165, 1.54) is 67.5 Å². The summed E-state index contributed by atoms with van der Waals surface area (Å²) >= 11 is 0. The summed E-state index contributed by atoms with van der Waals surface area (Å²) in [7, 11) is 0. The number of rotatable bonds is 11. The molecular weight excluding hydrogens is 591 g/mol. The number of aliphatic hydroxyl groups is 1. The SMILES string of the molecule is C=C(OC[C@@]1(O)O[C@H](COC(=O)c2cccnc2)[C@@H](OC(=O)c2cccnc2)[C@@H]1OC(=O)c1cccnc1F)c1cccnc1. The maximum absolute atomic E-state index is 14.4. The van der Waals surface area contributed by atoms with E-state index in [-0.39, 0.29) is 16.9 Å². The number of pyridine rings is 4. The molecule has 13 nitrogen and oxygen atoms in total. The summed E-state index contributed by atoms with van der Waals surface area (Å²) in [4.78, 5) is 54.2. The zero-order valence-corrected chi connectivity index (χ0v) is 23.4. The van der Waals surface area contributed by atoms with Crippen molar-refractivity contribution in [2.24, 2.45) is 0 Å². The van der Waals surface area contributed by atoms with Gasteiger partial charge in [0.25, 0.3) is 0 Å². The van der Waals surface area contributed by atoms with E-state index in [0.29, 0.717) is 5.56 Å². The number of aromatic nitrogens is 4. The average Bonchev–Trinajstić information content (AvgIpc) is 3.33. The van der Waals surface area contributed by atoms with Crippen LogP contribution in [-0.4, -0.2) is 80.3 Å². The third kappa shape index (κ3) is 7.31. The zero-order valence-electron chi connectivity index (χ0n) is 23.4. The van der Waals surface area contributed by atoms with Crippen LogP contribution in [-0.2, 0) is 23.7 Å². The van der Waals surface area contributed by atoms with Crippen LogP contribution in [0.2, 0.25) is 0 Å². The van der Waals surface area contributed by atoms with Crippen molar-refractivity contribution in [3.8, 4) is 0 Å². The van der Waals surface area contributed by atoms with E-state index < -0.39 is 66.7 Å². The first kappa shape index (κ1) is 30.8. The molecule has 4 aromatic heterocycles. The molecule has 0 aromatic carbocycles. The van der Waals surface area contributed by atoms with Gasteiger partial charge in [0.15, 0.2) is 12.2 Å². The van der Waals surface area contributed by atoms with Crippen LogP contribution in [0.4, 0.5) is 4.39 Å². The molecule has 0 spiro atoms. The van der Waals surface area contributed by atoms with Gasteiger partial charge in [0, 0.05) is 48.9 Å². The molecule has 1 saturated heterocycles. The fourth-order valence-electron chi connectivity index (χ4n) is 4.31. The van der Waals surface area contributed by atoms with E-state index in [1.807, 2.05) is 0 Å². The first-order chi connectivity index (χ1) is 21.7. The zero-order chi connectivity index (χ0) is 31.8. The van der Waals surface area contributed by atoms with E-state index >= 15 is 0 Å². The van der Waals surface area contributed by atoms with Crippen LogP contribution in [0, 0.1) is 5.95 Å². The van der Waals surface area contributed by atoms with Crippen molar-refractivity contribution < 1.29 is 47.6 Å². The molecule has 0 saturated carbocycles. The van der Waals surface area contributed by atoms with Crippen molar-refractivity contribution in [2.45, 2.75) is 24.1 Å². The van der Waals surface area contributed by atoms with Gasteiger partial charge in [-0.05, 0) is 48.5 Å². The Balaban J connectivity index is 1.46. The highest BCUT2D eigenvalue weighted by Gasteiger charge is 2.60. The van der Waals surface area contributed by atoms with Crippen molar-refractivity contribution in [3.05, 3.63) is 127 Å². The lowest BCUT2D eigenvalue weighted by molar-refractivity contribution is -0.246. The predicted octanol–water partition coefficient (Wildman–Crippen LogP) is 2.79. The molecule has 1 N–H and O–H groups in total. The average molecular weight is 617 g/mol. The van der Waals surface area contributed by atoms with Gasteiger partial charge in [-0.1, -0.05) is 6.58 Å². The number of nitrogens with zero attached hydrogens (tertiary/aromatic N) is 4. The molecule has 5 rings (SSSR count). The Labute approximate surface area is 255 Å². The molecule has 0 unspecified atom stereocenters. The van der Waals surface area contributed by atoms with Crippen molar-refractivity contribution in [2.75, 3.05) is 13.2 Å². The minimum Gasteiger partial charge on any atom is -0.488 e. The lowest BCUT2D eigenvalue weighted by Crippen LogP contribution is -2.50. The van der Waals surface area contributed by atoms with E-state index in [1.54, 1.807) is 12.1 Å². The van der Waals surface area contributed by atoms with Crippen LogP contribution >= 0.6 is 0 Å². The minimum atomic E-state index is -2.54. The van der Waals surface area contributed by atoms with Crippen molar-refractivity contribution in [1.29, 1.82) is 0 Å². The molecule has 14 heteroatoms. The van der Waals surface area contributed by atoms with Crippen LogP contribution in [0.5, 0.6) is 0 Å². The van der Waals surface area contributed by atoms with Gasteiger partial charge in [-0.2, -0.15) is 4.39 Å². The highest BCUT2D eigenvalue weighted by atomic mass is 19.1. The molecule has 1 aliphatic heterocycles. The highest BCUT2D eigenvalue weighted by molar-refractivity contribution is 5.90. The molecule has 0 aliphatic carbocycles. The summed E-state index contributed by atoms with van der Waals surface area (Å²) in [6.07, 6.45) is 4.68. The standard InChI is InChI=1S/C31H25FN4O9/c1-19(20-6-2-10-33-14-20)42-18-31(40)26(44-30(39)23-9-5-13-36-27(23)32)25(43-29(38)22-8-4-12-35-16-22)24(45-31)17-41-28(37)21-7-3-11-34-15-21/h2-16,24-26,40H,1,17-18H2/t24-,25-,26+,31-/m1/s1. The molecule has 0 bridgehead atoms. The van der Waals surface area contributed by atoms with Crippen LogP contribution in [0.3, 0.4) is 0 Å². The first-order valence-electron chi connectivity index (χ1n) is 13.4. The highest BCUT2D eigenvalue weighted by Crippen LogP contribution is 2.36. The number of halogens is 1. The largest absolute Gasteiger partial charge is 0.488 e. The van der Waals surface area contributed by atoms with Crippen LogP contribution in [0.25, 0.3) is 5.76 Å². The first-order valence-corrected chi connectivity index (χ1v) is 13.4. The number of ether oxygens (including phenoxy) is 5. The Morgan fingerprint density at radius 3 is 2.02 bits per heavy atom. The Hall–Kier alpha value is -5.60. The Bertz CT molecular complexity index is 1660. The summed E-state index contributed by atoms with van der Waals surface area (Å²) < 4.78 is 42.6. The lowest BCUT2D eigenvalue weighted by atomic mass is 10.0.